The van der Waals surface area contributed by atoms with Gasteiger partial charge < -0.3 is 9.05 Å². The van der Waals surface area contributed by atoms with Gasteiger partial charge in [-0.2, -0.15) is 0 Å². The zero-order valence-corrected chi connectivity index (χ0v) is 8.19. The first-order valence-electron chi connectivity index (χ1n) is 3.60. The standard InChI is InChI=1S/C8H14NO2P/c1-3-4-6-9-7-5-8-11-12-10-2/h3-4,6-7,12H,1,5,8H2,2H3/b6-4-,9-7?. The van der Waals surface area contributed by atoms with E-state index in [4.69, 9.17) is 9.05 Å². The summed E-state index contributed by atoms with van der Waals surface area (Å²) < 4.78 is 9.78. The van der Waals surface area contributed by atoms with Gasteiger partial charge in [0.1, 0.15) is 0 Å². The van der Waals surface area contributed by atoms with E-state index in [2.05, 4.69) is 11.6 Å². The summed E-state index contributed by atoms with van der Waals surface area (Å²) in [5, 5.41) is 0. The molecule has 0 N–H and O–H groups in total. The molecule has 0 heterocycles. The molecule has 0 rings (SSSR count). The van der Waals surface area contributed by atoms with Gasteiger partial charge in [-0.05, 0) is 6.08 Å². The van der Waals surface area contributed by atoms with Crippen LogP contribution in [0.4, 0.5) is 0 Å². The fraction of sp³-hybridized carbons (Fsp3) is 0.375. The second-order valence-corrected chi connectivity index (χ2v) is 2.70. The lowest BCUT2D eigenvalue weighted by Gasteiger charge is -1.96. The van der Waals surface area contributed by atoms with Crippen molar-refractivity contribution in [1.82, 2.24) is 0 Å². The Hall–Kier alpha value is -0.500. The smallest absolute Gasteiger partial charge is 0.154 e. The molecule has 0 bridgehead atoms. The third-order valence-electron chi connectivity index (χ3n) is 0.905. The van der Waals surface area contributed by atoms with Crippen molar-refractivity contribution in [3.05, 3.63) is 24.9 Å². The van der Waals surface area contributed by atoms with Crippen molar-refractivity contribution in [3.63, 3.8) is 0 Å². The van der Waals surface area contributed by atoms with Gasteiger partial charge in [0.25, 0.3) is 0 Å². The van der Waals surface area contributed by atoms with Gasteiger partial charge in [0.15, 0.2) is 9.03 Å². The highest BCUT2D eigenvalue weighted by atomic mass is 31.1. The maximum atomic E-state index is 5.06. The summed E-state index contributed by atoms with van der Waals surface area (Å²) in [5.74, 6) is 0. The zero-order chi connectivity index (χ0) is 9.07. The van der Waals surface area contributed by atoms with Crippen LogP contribution in [-0.4, -0.2) is 19.9 Å². The first-order valence-corrected chi connectivity index (χ1v) is 4.42. The highest BCUT2D eigenvalue weighted by Gasteiger charge is 1.82. The second-order valence-electron chi connectivity index (χ2n) is 1.83. The SMILES string of the molecule is C=C/C=C\N=CCCOPOC. The highest BCUT2D eigenvalue weighted by molar-refractivity contribution is 7.26. The number of hydrogen-bond acceptors (Lipinski definition) is 3. The van der Waals surface area contributed by atoms with Crippen molar-refractivity contribution < 1.29 is 9.05 Å². The molecular weight excluding hydrogens is 173 g/mol. The largest absolute Gasteiger partial charge is 0.340 e. The van der Waals surface area contributed by atoms with E-state index in [0.717, 1.165) is 6.42 Å². The van der Waals surface area contributed by atoms with Gasteiger partial charge in [-0.15, -0.1) is 0 Å². The lowest BCUT2D eigenvalue weighted by atomic mass is 10.5. The quantitative estimate of drug-likeness (QED) is 0.265. The van der Waals surface area contributed by atoms with Crippen LogP contribution in [0.15, 0.2) is 29.9 Å². The molecular formula is C8H14NO2P. The summed E-state index contributed by atoms with van der Waals surface area (Å²) >= 11 is 0. The lowest BCUT2D eigenvalue weighted by molar-refractivity contribution is 0.311. The van der Waals surface area contributed by atoms with Crippen molar-refractivity contribution in [2.24, 2.45) is 4.99 Å². The van der Waals surface area contributed by atoms with Crippen LogP contribution in [0.2, 0.25) is 0 Å². The van der Waals surface area contributed by atoms with E-state index in [1.165, 1.54) is 0 Å². The van der Waals surface area contributed by atoms with Gasteiger partial charge in [0.05, 0.1) is 6.61 Å². The Bertz CT molecular complexity index is 157. The molecule has 0 saturated heterocycles. The number of rotatable bonds is 7. The maximum absolute atomic E-state index is 5.06. The molecule has 0 spiro atoms. The van der Waals surface area contributed by atoms with Crippen molar-refractivity contribution in [2.75, 3.05) is 13.7 Å². The van der Waals surface area contributed by atoms with Crippen LogP contribution in [0.5, 0.6) is 0 Å². The van der Waals surface area contributed by atoms with Gasteiger partial charge in [-0.25, -0.2) is 0 Å². The van der Waals surface area contributed by atoms with E-state index in [0.29, 0.717) is 6.61 Å². The lowest BCUT2D eigenvalue weighted by Crippen LogP contribution is -1.85. The summed E-state index contributed by atoms with van der Waals surface area (Å²) in [4.78, 5) is 3.96. The van der Waals surface area contributed by atoms with Gasteiger partial charge in [0, 0.05) is 25.9 Å². The second kappa shape index (κ2) is 10.5. The van der Waals surface area contributed by atoms with Crippen LogP contribution < -0.4 is 0 Å². The molecule has 4 heteroatoms. The van der Waals surface area contributed by atoms with Crippen molar-refractivity contribution in [3.8, 4) is 0 Å². The zero-order valence-electron chi connectivity index (χ0n) is 7.19. The molecule has 0 saturated carbocycles. The van der Waals surface area contributed by atoms with E-state index in [-0.39, 0.29) is 9.03 Å². The fourth-order valence-corrected chi connectivity index (χ4v) is 0.777. The van der Waals surface area contributed by atoms with Crippen molar-refractivity contribution in [2.45, 2.75) is 6.42 Å². The van der Waals surface area contributed by atoms with E-state index >= 15 is 0 Å². The van der Waals surface area contributed by atoms with E-state index in [1.54, 1.807) is 31.7 Å². The van der Waals surface area contributed by atoms with Crippen LogP contribution in [0, 0.1) is 0 Å². The Kier molecular flexibility index (Phi) is 10.1. The molecule has 0 radical (unpaired) electrons. The van der Waals surface area contributed by atoms with Crippen LogP contribution in [-0.2, 0) is 9.05 Å². The molecule has 0 fully saturated rings. The summed E-state index contributed by atoms with van der Waals surface area (Å²) in [6.45, 7) is 4.17. The third-order valence-corrected chi connectivity index (χ3v) is 1.39. The molecule has 0 aliphatic rings. The minimum Gasteiger partial charge on any atom is -0.340 e. The Morgan fingerprint density at radius 2 is 2.42 bits per heavy atom. The molecule has 0 aromatic carbocycles. The van der Waals surface area contributed by atoms with E-state index in [9.17, 15) is 0 Å². The van der Waals surface area contributed by atoms with Gasteiger partial charge >= 0.3 is 0 Å². The van der Waals surface area contributed by atoms with Crippen molar-refractivity contribution in [1.29, 1.82) is 0 Å². The topological polar surface area (TPSA) is 30.8 Å². The molecule has 0 aliphatic carbocycles. The van der Waals surface area contributed by atoms with Crippen LogP contribution in [0.3, 0.4) is 0 Å². The van der Waals surface area contributed by atoms with Gasteiger partial charge in [-0.1, -0.05) is 12.7 Å². The predicted octanol–water partition coefficient (Wildman–Crippen LogP) is 2.32. The first kappa shape index (κ1) is 11.5. The molecule has 0 aromatic rings. The fourth-order valence-electron chi connectivity index (χ4n) is 0.458. The Morgan fingerprint density at radius 1 is 1.58 bits per heavy atom. The number of allylic oxidation sites excluding steroid dienone is 2. The minimum absolute atomic E-state index is 0.131. The molecule has 0 aromatic heterocycles. The van der Waals surface area contributed by atoms with Crippen LogP contribution in [0.1, 0.15) is 6.42 Å². The average Bonchev–Trinajstić information content (AvgIpc) is 2.10. The van der Waals surface area contributed by atoms with Gasteiger partial charge in [0.2, 0.25) is 0 Å². The maximum Gasteiger partial charge on any atom is 0.154 e. The molecule has 0 amide bonds. The van der Waals surface area contributed by atoms with Crippen LogP contribution in [0.25, 0.3) is 0 Å². The highest BCUT2D eigenvalue weighted by Crippen LogP contribution is 2.10. The normalized spacial score (nSPS) is 12.4. The number of aliphatic imine (C=N–C) groups is 1. The summed E-state index contributed by atoms with van der Waals surface area (Å²) in [6.07, 6.45) is 7.73. The van der Waals surface area contributed by atoms with Gasteiger partial charge in [-0.3, -0.25) is 4.99 Å². The first-order chi connectivity index (χ1) is 5.91. The Morgan fingerprint density at radius 3 is 3.08 bits per heavy atom. The molecule has 1 unspecified atom stereocenters. The molecule has 68 valence electrons. The molecule has 1 atom stereocenters. The number of hydrogen-bond donors (Lipinski definition) is 0. The summed E-state index contributed by atoms with van der Waals surface area (Å²) in [7, 11) is 1.74. The minimum atomic E-state index is 0.131. The average molecular weight is 187 g/mol. The molecule has 0 aliphatic heterocycles. The molecule has 3 nitrogen and oxygen atoms in total. The van der Waals surface area contributed by atoms with E-state index < -0.39 is 0 Å². The van der Waals surface area contributed by atoms with E-state index in [1.807, 2.05) is 0 Å². The Balaban J connectivity index is 3.13. The predicted molar refractivity (Wildman–Crippen MR) is 53.7 cm³/mol. The summed E-state index contributed by atoms with van der Waals surface area (Å²) in [6, 6.07) is 0. The number of nitrogens with zero attached hydrogens (tertiary/aromatic N) is 1. The Labute approximate surface area is 75.1 Å². The summed E-state index contributed by atoms with van der Waals surface area (Å²) in [5.41, 5.74) is 0. The third kappa shape index (κ3) is 9.50. The van der Waals surface area contributed by atoms with Crippen LogP contribution >= 0.6 is 9.03 Å². The molecule has 12 heavy (non-hydrogen) atoms. The monoisotopic (exact) mass is 187 g/mol. The van der Waals surface area contributed by atoms with Crippen molar-refractivity contribution >= 4 is 15.2 Å².